The van der Waals surface area contributed by atoms with E-state index in [0.29, 0.717) is 0 Å². The van der Waals surface area contributed by atoms with Crippen LogP contribution in [-0.2, 0) is 17.8 Å². The van der Waals surface area contributed by atoms with Crippen LogP contribution in [0.5, 0.6) is 0 Å². The number of hydrogen-bond acceptors (Lipinski definition) is 3. The maximum Gasteiger partial charge on any atom is 0.136 e. The Morgan fingerprint density at radius 3 is 2.74 bits per heavy atom. The second-order valence-electron chi connectivity index (χ2n) is 5.90. The maximum absolute atomic E-state index is 12.0. The third-order valence-electron chi connectivity index (χ3n) is 2.92. The van der Waals surface area contributed by atoms with E-state index in [4.69, 9.17) is 4.42 Å². The zero-order chi connectivity index (χ0) is 14.0. The summed E-state index contributed by atoms with van der Waals surface area (Å²) in [5, 5.41) is 1.11. The van der Waals surface area contributed by atoms with E-state index >= 15 is 0 Å². The molecule has 0 saturated carbocycles. The van der Waals surface area contributed by atoms with Crippen molar-refractivity contribution in [3.63, 3.8) is 0 Å². The Morgan fingerprint density at radius 2 is 2.05 bits per heavy atom. The molecular weight excluding hydrogens is 258 g/mol. The minimum atomic E-state index is -1.03. The maximum atomic E-state index is 12.0. The number of benzene rings is 1. The molecule has 1 aromatic heterocycles. The lowest BCUT2D eigenvalue weighted by molar-refractivity contribution is 0.526. The molecule has 4 heteroatoms. The number of hydrogen-bond donors (Lipinski definition) is 1. The molecule has 0 aliphatic carbocycles. The first-order valence-corrected chi connectivity index (χ1v) is 7.65. The summed E-state index contributed by atoms with van der Waals surface area (Å²) in [5.41, 5.74) is 2.13. The summed E-state index contributed by atoms with van der Waals surface area (Å²) in [4.78, 5) is 0. The molecule has 2 atom stereocenters. The quantitative estimate of drug-likeness (QED) is 0.872. The highest BCUT2D eigenvalue weighted by Crippen LogP contribution is 2.19. The van der Waals surface area contributed by atoms with E-state index in [9.17, 15) is 4.55 Å². The molecule has 0 bridgehead atoms. The van der Waals surface area contributed by atoms with Crippen LogP contribution in [0.4, 0.5) is 0 Å². The van der Waals surface area contributed by atoms with Gasteiger partial charge in [0.05, 0.1) is 12.3 Å². The predicted octanol–water partition coefficient (Wildman–Crippen LogP) is 3.42. The van der Waals surface area contributed by atoms with E-state index in [1.807, 2.05) is 32.9 Å². The van der Waals surface area contributed by atoms with Gasteiger partial charge in [-0.05, 0) is 57.9 Å². The summed E-state index contributed by atoms with van der Waals surface area (Å²) in [6, 6.07) is 8.30. The number of rotatable bonds is 4. The fourth-order valence-corrected chi connectivity index (χ4v) is 2.70. The summed E-state index contributed by atoms with van der Waals surface area (Å²) < 4.78 is 20.3. The minimum absolute atomic E-state index is 0.171. The smallest absolute Gasteiger partial charge is 0.136 e. The van der Waals surface area contributed by atoms with Crippen molar-refractivity contribution in [2.24, 2.45) is 0 Å². The van der Waals surface area contributed by atoms with Gasteiger partial charge in [0, 0.05) is 16.7 Å². The van der Waals surface area contributed by atoms with Gasteiger partial charge in [-0.1, -0.05) is 6.07 Å². The molecule has 0 amide bonds. The monoisotopic (exact) mass is 279 g/mol. The first-order valence-electron chi connectivity index (χ1n) is 6.50. The molecule has 0 saturated heterocycles. The normalized spacial score (nSPS) is 15.6. The Kier molecular flexibility index (Phi) is 4.23. The van der Waals surface area contributed by atoms with Crippen molar-refractivity contribution in [2.45, 2.75) is 44.9 Å². The lowest BCUT2D eigenvalue weighted by Gasteiger charge is -2.26. The molecule has 19 heavy (non-hydrogen) atoms. The SMILES string of the molecule is CC(Cc1ccc2occc2c1)N[S@@+]([O-])C(C)(C)C. The van der Waals surface area contributed by atoms with Gasteiger partial charge in [0.25, 0.3) is 0 Å². The van der Waals surface area contributed by atoms with Crippen molar-refractivity contribution < 1.29 is 8.97 Å². The van der Waals surface area contributed by atoms with Crippen molar-refractivity contribution in [3.8, 4) is 0 Å². The Labute approximate surface area is 117 Å². The molecule has 104 valence electrons. The molecule has 0 aliphatic rings. The Bertz CT molecular complexity index is 544. The molecule has 1 unspecified atom stereocenters. The lowest BCUT2D eigenvalue weighted by Crippen LogP contribution is -2.44. The van der Waals surface area contributed by atoms with E-state index in [1.165, 1.54) is 5.56 Å². The Balaban J connectivity index is 2.00. The number of furan rings is 1. The molecule has 0 spiro atoms. The van der Waals surface area contributed by atoms with Crippen LogP contribution in [0.3, 0.4) is 0 Å². The molecule has 0 aliphatic heterocycles. The van der Waals surface area contributed by atoms with E-state index in [0.717, 1.165) is 17.4 Å². The summed E-state index contributed by atoms with van der Waals surface area (Å²) >= 11 is -1.03. The Morgan fingerprint density at radius 1 is 1.32 bits per heavy atom. The highest BCUT2D eigenvalue weighted by atomic mass is 32.2. The summed E-state index contributed by atoms with van der Waals surface area (Å²) in [5.74, 6) is 0. The first kappa shape index (κ1) is 14.4. The average Bonchev–Trinajstić information content (AvgIpc) is 2.74. The van der Waals surface area contributed by atoms with Gasteiger partial charge >= 0.3 is 0 Å². The molecular formula is C15H21NO2S. The largest absolute Gasteiger partial charge is 0.598 e. The molecule has 2 rings (SSSR count). The third kappa shape index (κ3) is 3.75. The zero-order valence-corrected chi connectivity index (χ0v) is 12.7. The van der Waals surface area contributed by atoms with Gasteiger partial charge in [-0.3, -0.25) is 0 Å². The molecule has 1 aromatic carbocycles. The van der Waals surface area contributed by atoms with Crippen molar-refractivity contribution in [1.29, 1.82) is 0 Å². The van der Waals surface area contributed by atoms with Crippen LogP contribution >= 0.6 is 0 Å². The fraction of sp³-hybridized carbons (Fsp3) is 0.467. The zero-order valence-electron chi connectivity index (χ0n) is 11.9. The molecule has 2 aromatic rings. The molecule has 1 N–H and O–H groups in total. The minimum Gasteiger partial charge on any atom is -0.598 e. The van der Waals surface area contributed by atoms with Crippen LogP contribution < -0.4 is 4.72 Å². The number of fused-ring (bicyclic) bond motifs is 1. The van der Waals surface area contributed by atoms with Gasteiger partial charge in [-0.2, -0.15) is 0 Å². The average molecular weight is 279 g/mol. The van der Waals surface area contributed by atoms with Crippen LogP contribution in [0.1, 0.15) is 33.3 Å². The van der Waals surface area contributed by atoms with E-state index < -0.39 is 11.4 Å². The first-order chi connectivity index (χ1) is 8.86. The predicted molar refractivity (Wildman–Crippen MR) is 80.4 cm³/mol. The van der Waals surface area contributed by atoms with Crippen LogP contribution in [0.2, 0.25) is 0 Å². The second-order valence-corrected chi connectivity index (χ2v) is 7.89. The highest BCUT2D eigenvalue weighted by Gasteiger charge is 2.27. The molecule has 3 nitrogen and oxygen atoms in total. The third-order valence-corrected chi connectivity index (χ3v) is 4.65. The molecule has 0 fully saturated rings. The standard InChI is InChI=1S/C15H21NO2S/c1-11(16-19(17)15(2,3)4)9-12-5-6-14-13(10-12)7-8-18-14/h5-8,10-11,16H,9H2,1-4H3/t11?,19-/m0/s1. The topological polar surface area (TPSA) is 48.2 Å². The van der Waals surface area contributed by atoms with Gasteiger partial charge in [-0.25, -0.2) is 0 Å². The molecule has 0 radical (unpaired) electrons. The van der Waals surface area contributed by atoms with Gasteiger partial charge in [0.1, 0.15) is 10.3 Å². The van der Waals surface area contributed by atoms with Crippen molar-refractivity contribution >= 4 is 22.3 Å². The summed E-state index contributed by atoms with van der Waals surface area (Å²) in [6.07, 6.45) is 2.55. The lowest BCUT2D eigenvalue weighted by atomic mass is 10.1. The molecule has 1 heterocycles. The fourth-order valence-electron chi connectivity index (χ4n) is 1.90. The van der Waals surface area contributed by atoms with Crippen LogP contribution in [0.25, 0.3) is 11.0 Å². The van der Waals surface area contributed by atoms with Crippen LogP contribution in [0.15, 0.2) is 34.9 Å². The van der Waals surface area contributed by atoms with Crippen LogP contribution in [-0.4, -0.2) is 15.3 Å². The van der Waals surface area contributed by atoms with E-state index in [2.05, 4.69) is 23.8 Å². The highest BCUT2D eigenvalue weighted by molar-refractivity contribution is 7.90. The van der Waals surface area contributed by atoms with Gasteiger partial charge in [0.15, 0.2) is 0 Å². The van der Waals surface area contributed by atoms with Gasteiger partial charge in [0.2, 0.25) is 0 Å². The van der Waals surface area contributed by atoms with E-state index in [-0.39, 0.29) is 10.8 Å². The van der Waals surface area contributed by atoms with Crippen LogP contribution in [0, 0.1) is 0 Å². The number of nitrogens with one attached hydrogen (secondary N) is 1. The van der Waals surface area contributed by atoms with Crippen molar-refractivity contribution in [1.82, 2.24) is 4.72 Å². The second kappa shape index (κ2) is 5.57. The summed E-state index contributed by atoms with van der Waals surface area (Å²) in [7, 11) is 0. The van der Waals surface area contributed by atoms with E-state index in [1.54, 1.807) is 6.26 Å². The Hall–Kier alpha value is -0.970. The van der Waals surface area contributed by atoms with Gasteiger partial charge < -0.3 is 8.97 Å². The van der Waals surface area contributed by atoms with Crippen molar-refractivity contribution in [2.75, 3.05) is 0 Å². The summed E-state index contributed by atoms with van der Waals surface area (Å²) in [6.45, 7) is 7.98. The van der Waals surface area contributed by atoms with Crippen molar-refractivity contribution in [3.05, 3.63) is 36.1 Å². The van der Waals surface area contributed by atoms with Gasteiger partial charge in [-0.15, -0.1) is 4.72 Å².